The Labute approximate surface area is 127 Å². The Kier molecular flexibility index (Phi) is 5.31. The van der Waals surface area contributed by atoms with Gasteiger partial charge < -0.3 is 11.1 Å². The van der Waals surface area contributed by atoms with Crippen LogP contribution in [0.3, 0.4) is 0 Å². The number of hydrogen-bond acceptors (Lipinski definition) is 4. The van der Waals surface area contributed by atoms with Crippen molar-refractivity contribution < 1.29 is 4.79 Å². The zero-order valence-electron chi connectivity index (χ0n) is 11.9. The Hall–Kier alpha value is -1.20. The minimum absolute atomic E-state index is 0.0488. The SMILES string of the molecule is CSCCCCNC(=O)c1sc2c(C)cccc2c1N. The average molecular weight is 308 g/mol. The maximum atomic E-state index is 12.2. The fourth-order valence-electron chi connectivity index (χ4n) is 2.10. The minimum Gasteiger partial charge on any atom is -0.397 e. The second kappa shape index (κ2) is 6.99. The molecule has 0 unspecified atom stereocenters. The lowest BCUT2D eigenvalue weighted by atomic mass is 10.1. The van der Waals surface area contributed by atoms with Crippen LogP contribution in [0.15, 0.2) is 18.2 Å². The summed E-state index contributed by atoms with van der Waals surface area (Å²) in [5, 5.41) is 3.95. The van der Waals surface area contributed by atoms with Gasteiger partial charge >= 0.3 is 0 Å². The monoisotopic (exact) mass is 308 g/mol. The van der Waals surface area contributed by atoms with Crippen molar-refractivity contribution in [3.8, 4) is 0 Å². The Balaban J connectivity index is 2.07. The van der Waals surface area contributed by atoms with E-state index in [2.05, 4.69) is 11.6 Å². The first-order valence-electron chi connectivity index (χ1n) is 6.70. The standard InChI is InChI=1S/C15H20N2OS2/c1-10-6-5-7-11-12(16)14(20-13(10)11)15(18)17-8-3-4-9-19-2/h5-7H,3-4,8-9,16H2,1-2H3,(H,17,18). The highest BCUT2D eigenvalue weighted by atomic mass is 32.2. The molecule has 0 saturated heterocycles. The maximum absolute atomic E-state index is 12.2. The molecule has 3 N–H and O–H groups in total. The predicted octanol–water partition coefficient (Wildman–Crippen LogP) is 3.66. The summed E-state index contributed by atoms with van der Waals surface area (Å²) in [5.41, 5.74) is 7.88. The number of thiophene rings is 1. The molecule has 2 rings (SSSR count). The number of amides is 1. The van der Waals surface area contributed by atoms with Crippen molar-refractivity contribution in [1.29, 1.82) is 0 Å². The van der Waals surface area contributed by atoms with Crippen LogP contribution in [-0.4, -0.2) is 24.5 Å². The van der Waals surface area contributed by atoms with Crippen LogP contribution in [0.5, 0.6) is 0 Å². The molecule has 1 aromatic carbocycles. The molecular formula is C15H20N2OS2. The van der Waals surface area contributed by atoms with Crippen molar-refractivity contribution in [2.75, 3.05) is 24.3 Å². The van der Waals surface area contributed by atoms with Gasteiger partial charge in [0.15, 0.2) is 0 Å². The van der Waals surface area contributed by atoms with Crippen molar-refractivity contribution in [2.24, 2.45) is 0 Å². The molecule has 0 aliphatic rings. The van der Waals surface area contributed by atoms with Gasteiger partial charge in [-0.2, -0.15) is 11.8 Å². The van der Waals surface area contributed by atoms with Gasteiger partial charge in [0.1, 0.15) is 4.88 Å². The third kappa shape index (κ3) is 3.27. The topological polar surface area (TPSA) is 55.1 Å². The first-order valence-corrected chi connectivity index (χ1v) is 8.91. The van der Waals surface area contributed by atoms with Crippen molar-refractivity contribution in [3.63, 3.8) is 0 Å². The summed E-state index contributed by atoms with van der Waals surface area (Å²) in [6, 6.07) is 6.00. The Bertz CT molecular complexity index is 607. The van der Waals surface area contributed by atoms with E-state index in [-0.39, 0.29) is 5.91 Å². The summed E-state index contributed by atoms with van der Waals surface area (Å²) < 4.78 is 1.11. The smallest absolute Gasteiger partial charge is 0.263 e. The van der Waals surface area contributed by atoms with Gasteiger partial charge in [-0.3, -0.25) is 4.79 Å². The summed E-state index contributed by atoms with van der Waals surface area (Å²) in [7, 11) is 0. The average Bonchev–Trinajstić information content (AvgIpc) is 2.78. The van der Waals surface area contributed by atoms with Gasteiger partial charge in [0.2, 0.25) is 0 Å². The quantitative estimate of drug-likeness (QED) is 0.801. The molecule has 0 fully saturated rings. The number of hydrogen-bond donors (Lipinski definition) is 2. The van der Waals surface area contributed by atoms with Crippen molar-refractivity contribution in [2.45, 2.75) is 19.8 Å². The number of nitrogens with one attached hydrogen (secondary N) is 1. The Morgan fingerprint density at radius 1 is 1.40 bits per heavy atom. The van der Waals surface area contributed by atoms with Crippen LogP contribution in [0.25, 0.3) is 10.1 Å². The number of nitrogens with two attached hydrogens (primary N) is 1. The summed E-state index contributed by atoms with van der Waals surface area (Å²) in [6.07, 6.45) is 4.23. The van der Waals surface area contributed by atoms with Crippen LogP contribution in [-0.2, 0) is 0 Å². The summed E-state index contributed by atoms with van der Waals surface area (Å²) in [5.74, 6) is 1.09. The van der Waals surface area contributed by atoms with Crippen molar-refractivity contribution >= 4 is 44.8 Å². The molecule has 1 aromatic heterocycles. The molecule has 0 aliphatic heterocycles. The second-order valence-corrected chi connectivity index (χ2v) is 6.76. The third-order valence-corrected chi connectivity index (χ3v) is 5.27. The van der Waals surface area contributed by atoms with Crippen LogP contribution < -0.4 is 11.1 Å². The molecule has 0 bridgehead atoms. The number of carbonyl (C=O) groups is 1. The van der Waals surface area contributed by atoms with E-state index in [0.29, 0.717) is 17.1 Å². The van der Waals surface area contributed by atoms with Crippen molar-refractivity contribution in [3.05, 3.63) is 28.6 Å². The summed E-state index contributed by atoms with van der Waals surface area (Å²) in [4.78, 5) is 12.8. The van der Waals surface area contributed by atoms with Crippen LogP contribution >= 0.6 is 23.1 Å². The van der Waals surface area contributed by atoms with E-state index in [1.165, 1.54) is 16.9 Å². The summed E-state index contributed by atoms with van der Waals surface area (Å²) in [6.45, 7) is 2.76. The van der Waals surface area contributed by atoms with E-state index in [4.69, 9.17) is 5.73 Å². The van der Waals surface area contributed by atoms with Gasteiger partial charge in [0.25, 0.3) is 5.91 Å². The molecule has 20 heavy (non-hydrogen) atoms. The van der Waals surface area contributed by atoms with E-state index >= 15 is 0 Å². The van der Waals surface area contributed by atoms with Gasteiger partial charge in [-0.15, -0.1) is 11.3 Å². The van der Waals surface area contributed by atoms with Gasteiger partial charge in [0, 0.05) is 16.6 Å². The highest BCUT2D eigenvalue weighted by Crippen LogP contribution is 2.35. The van der Waals surface area contributed by atoms with Gasteiger partial charge in [-0.05, 0) is 37.3 Å². The molecule has 1 amide bonds. The van der Waals surface area contributed by atoms with E-state index in [1.807, 2.05) is 36.9 Å². The normalized spacial score (nSPS) is 10.9. The van der Waals surface area contributed by atoms with Crippen molar-refractivity contribution in [1.82, 2.24) is 5.32 Å². The number of aryl methyl sites for hydroxylation is 1. The van der Waals surface area contributed by atoms with E-state index < -0.39 is 0 Å². The Morgan fingerprint density at radius 3 is 2.90 bits per heavy atom. The van der Waals surface area contributed by atoms with E-state index in [0.717, 1.165) is 28.7 Å². The Morgan fingerprint density at radius 2 is 2.20 bits per heavy atom. The van der Waals surface area contributed by atoms with Crippen LogP contribution in [0.1, 0.15) is 28.1 Å². The molecule has 0 saturated carbocycles. The molecule has 1 heterocycles. The molecule has 2 aromatic rings. The fraction of sp³-hybridized carbons (Fsp3) is 0.400. The molecule has 0 atom stereocenters. The fourth-order valence-corrected chi connectivity index (χ4v) is 3.70. The third-order valence-electron chi connectivity index (χ3n) is 3.22. The number of carbonyl (C=O) groups excluding carboxylic acids is 1. The number of nitrogen functional groups attached to an aromatic ring is 1. The highest BCUT2D eigenvalue weighted by molar-refractivity contribution is 7.98. The number of unbranched alkanes of at least 4 members (excludes halogenated alkanes) is 1. The first kappa shape index (κ1) is 15.2. The molecule has 3 nitrogen and oxygen atoms in total. The predicted molar refractivity (Wildman–Crippen MR) is 90.9 cm³/mol. The molecule has 0 spiro atoms. The lowest BCUT2D eigenvalue weighted by molar-refractivity contribution is 0.0958. The second-order valence-electron chi connectivity index (χ2n) is 4.75. The zero-order valence-corrected chi connectivity index (χ0v) is 13.5. The molecule has 0 aliphatic carbocycles. The van der Waals surface area contributed by atoms with Crippen LogP contribution in [0.2, 0.25) is 0 Å². The molecule has 5 heteroatoms. The first-order chi connectivity index (χ1) is 9.65. The van der Waals surface area contributed by atoms with E-state index in [1.54, 1.807) is 0 Å². The van der Waals surface area contributed by atoms with E-state index in [9.17, 15) is 4.79 Å². The van der Waals surface area contributed by atoms with Gasteiger partial charge in [0.05, 0.1) is 5.69 Å². The molecular weight excluding hydrogens is 288 g/mol. The minimum atomic E-state index is -0.0488. The van der Waals surface area contributed by atoms with Crippen LogP contribution in [0, 0.1) is 6.92 Å². The largest absolute Gasteiger partial charge is 0.397 e. The van der Waals surface area contributed by atoms with Gasteiger partial charge in [-0.25, -0.2) is 0 Å². The maximum Gasteiger partial charge on any atom is 0.263 e. The molecule has 0 radical (unpaired) electrons. The number of anilines is 1. The van der Waals surface area contributed by atoms with Crippen LogP contribution in [0.4, 0.5) is 5.69 Å². The number of rotatable bonds is 6. The molecule has 108 valence electrons. The van der Waals surface area contributed by atoms with Gasteiger partial charge in [-0.1, -0.05) is 18.2 Å². The number of fused-ring (bicyclic) bond motifs is 1. The summed E-state index contributed by atoms with van der Waals surface area (Å²) >= 11 is 3.32. The lowest BCUT2D eigenvalue weighted by Crippen LogP contribution is -2.24. The highest BCUT2D eigenvalue weighted by Gasteiger charge is 2.16. The lowest BCUT2D eigenvalue weighted by Gasteiger charge is -2.03. The number of thioether (sulfide) groups is 1. The zero-order chi connectivity index (χ0) is 14.5. The number of benzene rings is 1.